The Labute approximate surface area is 135 Å². The quantitative estimate of drug-likeness (QED) is 0.794. The summed E-state index contributed by atoms with van der Waals surface area (Å²) in [5.41, 5.74) is 1.99. The maximum Gasteiger partial charge on any atom is 0.323 e. The Morgan fingerprint density at radius 1 is 0.913 bits per heavy atom. The maximum atomic E-state index is 12.2. The molecule has 0 aromatic heterocycles. The number of aliphatic imine (C=N–C) groups is 1. The molecule has 0 N–H and O–H groups in total. The number of rotatable bonds is 3. The van der Waals surface area contributed by atoms with Gasteiger partial charge >= 0.3 is 10.2 Å². The fourth-order valence-corrected chi connectivity index (χ4v) is 3.32. The largest absolute Gasteiger partial charge is 0.379 e. The van der Waals surface area contributed by atoms with Crippen LogP contribution in [-0.2, 0) is 14.9 Å². The summed E-state index contributed by atoms with van der Waals surface area (Å²) in [6, 6.07) is 9.56. The van der Waals surface area contributed by atoms with Gasteiger partial charge in [-0.2, -0.15) is 17.1 Å². The summed E-state index contributed by atoms with van der Waals surface area (Å²) in [6.45, 7) is 1.49. The van der Waals surface area contributed by atoms with Crippen molar-refractivity contribution in [2.24, 2.45) is 9.39 Å². The molecule has 2 aliphatic rings. The van der Waals surface area contributed by atoms with Crippen molar-refractivity contribution < 1.29 is 13.2 Å². The zero-order valence-electron chi connectivity index (χ0n) is 12.5. The minimum absolute atomic E-state index is 0.341. The molecular formula is C16H17N3O3S. The van der Waals surface area contributed by atoms with Crippen LogP contribution in [0.3, 0.4) is 0 Å². The summed E-state index contributed by atoms with van der Waals surface area (Å²) in [5, 5.41) is 0. The van der Waals surface area contributed by atoms with Gasteiger partial charge in [0.1, 0.15) is 0 Å². The van der Waals surface area contributed by atoms with Crippen molar-refractivity contribution in [2.75, 3.05) is 26.3 Å². The molecular weight excluding hydrogens is 314 g/mol. The number of ether oxygens (including phenoxy) is 1. The van der Waals surface area contributed by atoms with Gasteiger partial charge in [-0.25, -0.2) is 4.99 Å². The van der Waals surface area contributed by atoms with Crippen molar-refractivity contribution in [1.82, 2.24) is 4.31 Å². The lowest BCUT2D eigenvalue weighted by atomic mass is 10.1. The van der Waals surface area contributed by atoms with Gasteiger partial charge in [-0.3, -0.25) is 0 Å². The van der Waals surface area contributed by atoms with Crippen LogP contribution < -0.4 is 0 Å². The highest BCUT2D eigenvalue weighted by atomic mass is 32.2. The fourth-order valence-electron chi connectivity index (χ4n) is 2.21. The standard InChI is InChI=1S/C16H17N3O3S/c20-23(21,19-10-12-22-13-11-19)18-16-8-6-15(7-9-16)17-14-4-2-1-3-5-14/h1-9H,10-13H2. The molecule has 1 saturated heterocycles. The van der Waals surface area contributed by atoms with E-state index in [4.69, 9.17) is 4.74 Å². The highest BCUT2D eigenvalue weighted by molar-refractivity contribution is 7.88. The molecule has 6 nitrogen and oxygen atoms in total. The summed E-state index contributed by atoms with van der Waals surface area (Å²) in [7, 11) is -3.66. The molecule has 23 heavy (non-hydrogen) atoms. The van der Waals surface area contributed by atoms with Gasteiger partial charge in [0.05, 0.1) is 30.3 Å². The first-order chi connectivity index (χ1) is 11.1. The lowest BCUT2D eigenvalue weighted by Crippen LogP contribution is -2.39. The van der Waals surface area contributed by atoms with Crippen LogP contribution in [0.15, 0.2) is 64.0 Å². The summed E-state index contributed by atoms with van der Waals surface area (Å²) >= 11 is 0. The minimum atomic E-state index is -3.66. The average Bonchev–Trinajstić information content (AvgIpc) is 2.58. The van der Waals surface area contributed by atoms with E-state index >= 15 is 0 Å². The molecule has 3 rings (SSSR count). The monoisotopic (exact) mass is 331 g/mol. The zero-order valence-corrected chi connectivity index (χ0v) is 13.3. The third-order valence-corrected chi connectivity index (χ3v) is 4.84. The van der Waals surface area contributed by atoms with Gasteiger partial charge in [0.15, 0.2) is 0 Å². The summed E-state index contributed by atoms with van der Waals surface area (Å²) in [5.74, 6) is 0. The van der Waals surface area contributed by atoms with Gasteiger partial charge in [-0.1, -0.05) is 18.2 Å². The fraction of sp³-hybridized carbons (Fsp3) is 0.250. The number of hydrogen-bond donors (Lipinski definition) is 0. The topological polar surface area (TPSA) is 71.3 Å². The van der Waals surface area contributed by atoms with Gasteiger partial charge in [0, 0.05) is 13.1 Å². The van der Waals surface area contributed by atoms with E-state index in [1.54, 1.807) is 24.3 Å². The van der Waals surface area contributed by atoms with E-state index in [1.807, 2.05) is 30.3 Å². The van der Waals surface area contributed by atoms with E-state index in [0.717, 1.165) is 11.4 Å². The van der Waals surface area contributed by atoms with Crippen LogP contribution >= 0.6 is 0 Å². The molecule has 0 saturated carbocycles. The van der Waals surface area contributed by atoms with Crippen LogP contribution in [0, 0.1) is 0 Å². The smallest absolute Gasteiger partial charge is 0.323 e. The molecule has 1 fully saturated rings. The summed E-state index contributed by atoms with van der Waals surface area (Å²) < 4.78 is 34.8. The molecule has 7 heteroatoms. The zero-order chi connectivity index (χ0) is 16.1. The van der Waals surface area contributed by atoms with E-state index in [1.165, 1.54) is 4.31 Å². The average molecular weight is 331 g/mol. The van der Waals surface area contributed by atoms with Crippen molar-refractivity contribution in [2.45, 2.75) is 0 Å². The van der Waals surface area contributed by atoms with E-state index in [0.29, 0.717) is 32.0 Å². The number of nitrogens with zero attached hydrogens (tertiary/aromatic N) is 3. The van der Waals surface area contributed by atoms with Gasteiger partial charge in [-0.15, -0.1) is 0 Å². The number of para-hydroxylation sites is 1. The van der Waals surface area contributed by atoms with Gasteiger partial charge in [0.25, 0.3) is 0 Å². The van der Waals surface area contributed by atoms with Crippen LogP contribution in [-0.4, -0.2) is 50.4 Å². The highest BCUT2D eigenvalue weighted by Gasteiger charge is 2.23. The van der Waals surface area contributed by atoms with E-state index in [-0.39, 0.29) is 0 Å². The predicted molar refractivity (Wildman–Crippen MR) is 90.6 cm³/mol. The molecule has 0 atom stereocenters. The Kier molecular flexibility index (Phi) is 4.80. The van der Waals surface area contributed by atoms with Crippen LogP contribution in [0.4, 0.5) is 5.69 Å². The molecule has 1 aromatic carbocycles. The Morgan fingerprint density at radius 3 is 2.17 bits per heavy atom. The van der Waals surface area contributed by atoms with E-state index in [2.05, 4.69) is 9.39 Å². The Morgan fingerprint density at radius 2 is 1.52 bits per heavy atom. The van der Waals surface area contributed by atoms with Gasteiger partial charge in [0.2, 0.25) is 0 Å². The van der Waals surface area contributed by atoms with E-state index < -0.39 is 10.2 Å². The second kappa shape index (κ2) is 6.99. The number of benzene rings is 1. The van der Waals surface area contributed by atoms with Crippen molar-refractivity contribution in [3.8, 4) is 0 Å². The molecule has 1 aromatic rings. The molecule has 1 heterocycles. The first-order valence-electron chi connectivity index (χ1n) is 7.31. The summed E-state index contributed by atoms with van der Waals surface area (Å²) in [4.78, 5) is 4.45. The summed E-state index contributed by atoms with van der Waals surface area (Å²) in [6.07, 6.45) is 6.81. The molecule has 0 bridgehead atoms. The maximum absolute atomic E-state index is 12.2. The third-order valence-electron chi connectivity index (χ3n) is 3.38. The Hall–Kier alpha value is -2.09. The molecule has 120 valence electrons. The van der Waals surface area contributed by atoms with Crippen molar-refractivity contribution in [3.05, 3.63) is 54.6 Å². The lowest BCUT2D eigenvalue weighted by molar-refractivity contribution is 0.0731. The molecule has 1 aliphatic carbocycles. The number of morpholine rings is 1. The second-order valence-electron chi connectivity index (χ2n) is 5.04. The normalized spacial score (nSPS) is 19.0. The minimum Gasteiger partial charge on any atom is -0.379 e. The van der Waals surface area contributed by atoms with Crippen LogP contribution in [0.1, 0.15) is 0 Å². The number of hydrogen-bond acceptors (Lipinski definition) is 4. The lowest BCUT2D eigenvalue weighted by Gasteiger charge is -2.23. The van der Waals surface area contributed by atoms with Crippen molar-refractivity contribution in [3.63, 3.8) is 0 Å². The van der Waals surface area contributed by atoms with E-state index in [9.17, 15) is 8.42 Å². The Balaban J connectivity index is 1.73. The third kappa shape index (κ3) is 4.22. The van der Waals surface area contributed by atoms with Gasteiger partial charge < -0.3 is 4.74 Å². The molecule has 0 unspecified atom stereocenters. The van der Waals surface area contributed by atoms with Crippen LogP contribution in [0.5, 0.6) is 0 Å². The first kappa shape index (κ1) is 15.8. The molecule has 1 aliphatic heterocycles. The highest BCUT2D eigenvalue weighted by Crippen LogP contribution is 2.13. The Bertz CT molecular complexity index is 756. The molecule has 0 radical (unpaired) electrons. The van der Waals surface area contributed by atoms with Crippen molar-refractivity contribution >= 4 is 27.3 Å². The van der Waals surface area contributed by atoms with Crippen LogP contribution in [0.2, 0.25) is 0 Å². The van der Waals surface area contributed by atoms with Crippen molar-refractivity contribution in [1.29, 1.82) is 0 Å². The molecule has 0 amide bonds. The first-order valence-corrected chi connectivity index (χ1v) is 8.71. The SMILES string of the molecule is O=S(=O)(N=C1C=CC(=Nc2ccccc2)C=C1)N1CCOCC1. The second-order valence-corrected chi connectivity index (χ2v) is 6.64. The predicted octanol–water partition coefficient (Wildman–Crippen LogP) is 1.90. The number of allylic oxidation sites excluding steroid dienone is 4. The van der Waals surface area contributed by atoms with Gasteiger partial charge in [-0.05, 0) is 36.4 Å². The molecule has 0 spiro atoms. The van der Waals surface area contributed by atoms with Crippen LogP contribution in [0.25, 0.3) is 0 Å².